The van der Waals surface area contributed by atoms with E-state index in [1.165, 1.54) is 19.2 Å². The first kappa shape index (κ1) is 15.7. The molecule has 1 aliphatic heterocycles. The van der Waals surface area contributed by atoms with Crippen LogP contribution in [0.1, 0.15) is 48.5 Å². The van der Waals surface area contributed by atoms with Crippen molar-refractivity contribution in [2.45, 2.75) is 6.92 Å². The molecule has 2 aromatic rings. The van der Waals surface area contributed by atoms with Crippen LogP contribution in [0.4, 0.5) is 0 Å². The van der Waals surface area contributed by atoms with Gasteiger partial charge in [0.25, 0.3) is 11.8 Å². The van der Waals surface area contributed by atoms with Crippen LogP contribution < -0.4 is 0 Å². The predicted molar refractivity (Wildman–Crippen MR) is 82.9 cm³/mol. The van der Waals surface area contributed by atoms with Crippen molar-refractivity contribution < 1.29 is 23.9 Å². The van der Waals surface area contributed by atoms with E-state index < -0.39 is 17.8 Å². The summed E-state index contributed by atoms with van der Waals surface area (Å²) in [5.41, 5.74) is 1.22. The second-order valence-electron chi connectivity index (χ2n) is 5.30. The van der Waals surface area contributed by atoms with Crippen LogP contribution in [0.2, 0.25) is 0 Å². The number of Topliss-reactive ketones (excluding diaryl/α,β-unsaturated/α-hetero) is 1. The number of fused-ring (bicyclic) bond motifs is 1. The van der Waals surface area contributed by atoms with Crippen molar-refractivity contribution in [3.05, 3.63) is 58.9 Å². The van der Waals surface area contributed by atoms with Crippen molar-refractivity contribution in [2.24, 2.45) is 0 Å². The zero-order valence-corrected chi connectivity index (χ0v) is 12.9. The zero-order chi connectivity index (χ0) is 17.3. The van der Waals surface area contributed by atoms with Gasteiger partial charge in [-0.1, -0.05) is 12.1 Å². The van der Waals surface area contributed by atoms with E-state index in [1.54, 1.807) is 24.3 Å². The molecule has 2 amide bonds. The van der Waals surface area contributed by atoms with Gasteiger partial charge in [-0.25, -0.2) is 4.79 Å². The molecule has 0 saturated heterocycles. The minimum atomic E-state index is -0.654. The summed E-state index contributed by atoms with van der Waals surface area (Å²) in [5.74, 6) is -1.62. The molecule has 2 heterocycles. The van der Waals surface area contributed by atoms with E-state index in [2.05, 4.69) is 4.98 Å². The van der Waals surface area contributed by atoms with Crippen LogP contribution >= 0.6 is 0 Å². The molecular formula is C17H14N2O5. The molecule has 0 bridgehead atoms. The molecule has 0 fully saturated rings. The van der Waals surface area contributed by atoms with Crippen molar-refractivity contribution in [1.29, 1.82) is 0 Å². The molecule has 1 aromatic carbocycles. The van der Waals surface area contributed by atoms with Crippen molar-refractivity contribution in [2.75, 3.05) is 13.2 Å². The molecule has 0 unspecified atom stereocenters. The van der Waals surface area contributed by atoms with Gasteiger partial charge >= 0.3 is 5.97 Å². The van der Waals surface area contributed by atoms with Gasteiger partial charge in [-0.05, 0) is 25.1 Å². The molecule has 122 valence electrons. The van der Waals surface area contributed by atoms with Crippen LogP contribution in [0.25, 0.3) is 0 Å². The lowest BCUT2D eigenvalue weighted by Gasteiger charge is -2.13. The van der Waals surface area contributed by atoms with Gasteiger partial charge in [-0.2, -0.15) is 0 Å². The standard InChI is InChI=1S/C17H14N2O5/c1-10(20)11-8-14(18-9-11)17(23)24-7-6-19-15(21)12-4-2-3-5-13(12)16(19)22/h2-5,8-9,18H,6-7H2,1H3. The highest BCUT2D eigenvalue weighted by atomic mass is 16.5. The maximum Gasteiger partial charge on any atom is 0.354 e. The lowest BCUT2D eigenvalue weighted by molar-refractivity contribution is 0.0416. The number of hydrogen-bond acceptors (Lipinski definition) is 5. The van der Waals surface area contributed by atoms with Crippen LogP contribution in [-0.4, -0.2) is 46.6 Å². The topological polar surface area (TPSA) is 96.5 Å². The highest BCUT2D eigenvalue weighted by Gasteiger charge is 2.34. The monoisotopic (exact) mass is 326 g/mol. The van der Waals surface area contributed by atoms with Crippen LogP contribution in [-0.2, 0) is 4.74 Å². The Hall–Kier alpha value is -3.22. The van der Waals surface area contributed by atoms with Gasteiger partial charge in [0.15, 0.2) is 5.78 Å². The number of amides is 2. The molecule has 0 radical (unpaired) electrons. The SMILES string of the molecule is CC(=O)c1c[nH]c(C(=O)OCCN2C(=O)c3ccccc3C2=O)c1. The molecule has 1 N–H and O–H groups in total. The summed E-state index contributed by atoms with van der Waals surface area (Å²) in [5, 5.41) is 0. The Morgan fingerprint density at radius 3 is 2.29 bits per heavy atom. The van der Waals surface area contributed by atoms with Crippen LogP contribution in [0.3, 0.4) is 0 Å². The molecule has 0 atom stereocenters. The first-order valence-corrected chi connectivity index (χ1v) is 7.30. The van der Waals surface area contributed by atoms with Gasteiger partial charge in [0.1, 0.15) is 12.3 Å². The number of esters is 1. The quantitative estimate of drug-likeness (QED) is 0.512. The Balaban J connectivity index is 1.59. The highest BCUT2D eigenvalue weighted by Crippen LogP contribution is 2.21. The van der Waals surface area contributed by atoms with Crippen molar-refractivity contribution in [1.82, 2.24) is 9.88 Å². The summed E-state index contributed by atoms with van der Waals surface area (Å²) < 4.78 is 5.05. The number of hydrogen-bond donors (Lipinski definition) is 1. The van der Waals surface area contributed by atoms with Gasteiger partial charge in [0.05, 0.1) is 17.7 Å². The van der Waals surface area contributed by atoms with E-state index in [9.17, 15) is 19.2 Å². The van der Waals surface area contributed by atoms with Gasteiger partial charge in [-0.3, -0.25) is 19.3 Å². The number of aromatic nitrogens is 1. The summed E-state index contributed by atoms with van der Waals surface area (Å²) in [6.07, 6.45) is 1.42. The second-order valence-corrected chi connectivity index (χ2v) is 5.30. The Morgan fingerprint density at radius 1 is 1.12 bits per heavy atom. The Bertz CT molecular complexity index is 817. The smallest absolute Gasteiger partial charge is 0.354 e. The first-order chi connectivity index (χ1) is 11.5. The van der Waals surface area contributed by atoms with Gasteiger partial charge < -0.3 is 9.72 Å². The van der Waals surface area contributed by atoms with E-state index in [0.29, 0.717) is 16.7 Å². The van der Waals surface area contributed by atoms with Crippen molar-refractivity contribution in [3.8, 4) is 0 Å². The van der Waals surface area contributed by atoms with Gasteiger partial charge in [0, 0.05) is 11.8 Å². The summed E-state index contributed by atoms with van der Waals surface area (Å²) in [6.45, 7) is 1.23. The molecule has 1 aromatic heterocycles. The lowest BCUT2D eigenvalue weighted by Crippen LogP contribution is -2.33. The van der Waals surface area contributed by atoms with Gasteiger partial charge in [-0.15, -0.1) is 0 Å². The summed E-state index contributed by atoms with van der Waals surface area (Å²) in [6, 6.07) is 7.94. The average molecular weight is 326 g/mol. The molecule has 0 aliphatic carbocycles. The third-order valence-electron chi connectivity index (χ3n) is 3.74. The first-order valence-electron chi connectivity index (χ1n) is 7.30. The molecule has 0 spiro atoms. The summed E-state index contributed by atoms with van der Waals surface area (Å²) in [4.78, 5) is 51.1. The Kier molecular flexibility index (Phi) is 3.99. The number of carbonyl (C=O) groups is 4. The number of imide groups is 1. The molecule has 0 saturated carbocycles. The number of benzene rings is 1. The summed E-state index contributed by atoms with van der Waals surface area (Å²) in [7, 11) is 0. The molecule has 3 rings (SSSR count). The molecule has 7 heteroatoms. The number of ether oxygens (including phenoxy) is 1. The van der Waals surface area contributed by atoms with E-state index in [-0.39, 0.29) is 24.6 Å². The third-order valence-corrected chi connectivity index (χ3v) is 3.74. The maximum atomic E-state index is 12.2. The number of rotatable bonds is 5. The number of ketones is 1. The molecular weight excluding hydrogens is 312 g/mol. The minimum absolute atomic E-state index is 0.0294. The highest BCUT2D eigenvalue weighted by molar-refractivity contribution is 6.21. The van der Waals surface area contributed by atoms with E-state index in [0.717, 1.165) is 4.90 Å². The van der Waals surface area contributed by atoms with E-state index in [4.69, 9.17) is 4.74 Å². The summed E-state index contributed by atoms with van der Waals surface area (Å²) >= 11 is 0. The minimum Gasteiger partial charge on any atom is -0.459 e. The second kappa shape index (κ2) is 6.11. The van der Waals surface area contributed by atoms with Crippen LogP contribution in [0, 0.1) is 0 Å². The molecule has 24 heavy (non-hydrogen) atoms. The Labute approximate surface area is 137 Å². The zero-order valence-electron chi connectivity index (χ0n) is 12.9. The fourth-order valence-corrected chi connectivity index (χ4v) is 2.47. The predicted octanol–water partition coefficient (Wildman–Crippen LogP) is 1.67. The largest absolute Gasteiger partial charge is 0.459 e. The number of aromatic amines is 1. The van der Waals surface area contributed by atoms with Crippen molar-refractivity contribution >= 4 is 23.6 Å². The van der Waals surface area contributed by atoms with Crippen molar-refractivity contribution in [3.63, 3.8) is 0 Å². The Morgan fingerprint density at radius 2 is 1.75 bits per heavy atom. The van der Waals surface area contributed by atoms with Crippen LogP contribution in [0.15, 0.2) is 36.5 Å². The third kappa shape index (κ3) is 2.71. The van der Waals surface area contributed by atoms with E-state index in [1.807, 2.05) is 0 Å². The maximum absolute atomic E-state index is 12.2. The number of nitrogens with zero attached hydrogens (tertiary/aromatic N) is 1. The fourth-order valence-electron chi connectivity index (χ4n) is 2.47. The average Bonchev–Trinajstić information content (AvgIpc) is 3.15. The molecule has 7 nitrogen and oxygen atoms in total. The number of H-pyrrole nitrogens is 1. The van der Waals surface area contributed by atoms with E-state index >= 15 is 0 Å². The fraction of sp³-hybridized carbons (Fsp3) is 0.176. The number of nitrogens with one attached hydrogen (secondary N) is 1. The van der Waals surface area contributed by atoms with Gasteiger partial charge in [0.2, 0.25) is 0 Å². The normalized spacial score (nSPS) is 13.1. The van der Waals surface area contributed by atoms with Crippen LogP contribution in [0.5, 0.6) is 0 Å². The lowest BCUT2D eigenvalue weighted by atomic mass is 10.1. The molecule has 1 aliphatic rings. The number of carbonyl (C=O) groups excluding carboxylic acids is 4.